The number of unbranched alkanes of at least 4 members (excludes halogenated alkanes) is 2. The first-order valence-corrected chi connectivity index (χ1v) is 28.9. The average Bonchev–Trinajstić information content (AvgIpc) is 1.10. The van der Waals surface area contributed by atoms with Gasteiger partial charge in [0.25, 0.3) is 0 Å². The van der Waals surface area contributed by atoms with Crippen molar-refractivity contribution in [3.8, 4) is 0 Å². The zero-order valence-corrected chi connectivity index (χ0v) is 50.0. The van der Waals surface area contributed by atoms with Crippen molar-refractivity contribution in [2.75, 3.05) is 32.9 Å². The van der Waals surface area contributed by atoms with E-state index < -0.39 is 146 Å². The normalized spacial score (nSPS) is 26.4. The summed E-state index contributed by atoms with van der Waals surface area (Å²) in [6.07, 6.45) is -13.9. The van der Waals surface area contributed by atoms with Gasteiger partial charge in [0.05, 0.1) is 6.04 Å². The molecule has 86 heavy (non-hydrogen) atoms. The van der Waals surface area contributed by atoms with Crippen LogP contribution in [-0.2, 0) is 105 Å². The topological polar surface area (TPSA) is 320 Å². The molecule has 6 rings (SSSR count). The molecule has 26 nitrogen and oxygen atoms in total. The molecule has 0 spiro atoms. The van der Waals surface area contributed by atoms with Gasteiger partial charge in [0, 0.05) is 87.0 Å². The van der Waals surface area contributed by atoms with Crippen molar-refractivity contribution in [3.63, 3.8) is 0 Å². The molecule has 26 heteroatoms. The third kappa shape index (κ3) is 19.5. The van der Waals surface area contributed by atoms with Crippen LogP contribution >= 0.6 is 0 Å². The molecule has 0 aliphatic carbocycles. The molecule has 13 atom stereocenters. The Kier molecular flexibility index (Phi) is 25.4. The number of carbonyl (C=O) groups is 11. The lowest BCUT2D eigenvalue weighted by Crippen LogP contribution is -2.67. The number of hydrogen-bond donors (Lipinski definition) is 2. The number of rotatable bonds is 25. The largest absolute Gasteiger partial charge is 0.463 e. The van der Waals surface area contributed by atoms with Gasteiger partial charge in [0.1, 0.15) is 43.6 Å². The van der Waals surface area contributed by atoms with Gasteiger partial charge in [0.2, 0.25) is 23.6 Å². The van der Waals surface area contributed by atoms with E-state index in [1.165, 1.54) is 0 Å². The maximum absolute atomic E-state index is 14.8. The number of nitrogens with zero attached hydrogens (tertiary/aromatic N) is 2. The molecule has 2 aromatic carbocycles. The number of amides is 4. The maximum Gasteiger partial charge on any atom is 0.303 e. The third-order valence-electron chi connectivity index (χ3n) is 14.5. The van der Waals surface area contributed by atoms with Crippen LogP contribution in [-0.4, -0.2) is 188 Å². The minimum atomic E-state index is -1.87. The Morgan fingerprint density at radius 1 is 0.581 bits per heavy atom. The highest BCUT2D eigenvalue weighted by molar-refractivity contribution is 5.94. The fourth-order valence-electron chi connectivity index (χ4n) is 11.0. The SMILES string of the molecule is CC(=O)OC[C@H]1O[C@@H](O[C@H]2[C@H](OC(C)=O)[C@@H](OC(C)=O)[C@H](OCCCCCC(=O)N[C@H]3CN(C(=O)CC(C)C)CC[C@H]4CCC(C(=O)NC(c5ccccc5)c5ccccc5)N4C3=O)O[C@@H]2COC(C)=O)[C@H](OC(C)=O)[C@@H](OC(C)=O)[C@H]1OC(C)=O. The Bertz CT molecular complexity index is 2660. The third-order valence-corrected chi connectivity index (χ3v) is 14.5. The van der Waals surface area contributed by atoms with Gasteiger partial charge in [-0.25, -0.2) is 0 Å². The van der Waals surface area contributed by atoms with Crippen LogP contribution in [0.15, 0.2) is 60.7 Å². The Labute approximate surface area is 499 Å². The minimum Gasteiger partial charge on any atom is -0.463 e. The quantitative estimate of drug-likeness (QED) is 0.0819. The molecule has 472 valence electrons. The second-order valence-electron chi connectivity index (χ2n) is 21.9. The number of ether oxygens (including phenoxy) is 11. The summed E-state index contributed by atoms with van der Waals surface area (Å²) in [6.45, 7) is 10.1. The van der Waals surface area contributed by atoms with E-state index in [0.29, 0.717) is 32.2 Å². The number of benzene rings is 2. The van der Waals surface area contributed by atoms with Gasteiger partial charge < -0.3 is 72.5 Å². The highest BCUT2D eigenvalue weighted by Gasteiger charge is 2.58. The first kappa shape index (κ1) is 67.6. The van der Waals surface area contributed by atoms with Crippen LogP contribution in [0.2, 0.25) is 0 Å². The summed E-state index contributed by atoms with van der Waals surface area (Å²) in [5, 5.41) is 6.09. The van der Waals surface area contributed by atoms with Crippen molar-refractivity contribution in [1.82, 2.24) is 20.4 Å². The summed E-state index contributed by atoms with van der Waals surface area (Å²) >= 11 is 0. The second-order valence-corrected chi connectivity index (χ2v) is 21.9. The summed E-state index contributed by atoms with van der Waals surface area (Å²) in [6, 6.07) is 16.2. The van der Waals surface area contributed by atoms with E-state index in [2.05, 4.69) is 10.6 Å². The summed E-state index contributed by atoms with van der Waals surface area (Å²) < 4.78 is 63.5. The van der Waals surface area contributed by atoms with Gasteiger partial charge >= 0.3 is 41.8 Å². The smallest absolute Gasteiger partial charge is 0.303 e. The molecule has 4 saturated heterocycles. The van der Waals surface area contributed by atoms with E-state index in [9.17, 15) is 52.7 Å². The Hall–Kier alpha value is -7.55. The highest BCUT2D eigenvalue weighted by atomic mass is 16.8. The highest BCUT2D eigenvalue weighted by Crippen LogP contribution is 2.37. The Morgan fingerprint density at radius 2 is 1.08 bits per heavy atom. The molecule has 0 saturated carbocycles. The summed E-state index contributed by atoms with van der Waals surface area (Å²) in [7, 11) is 0. The van der Waals surface area contributed by atoms with Crippen molar-refractivity contribution < 1.29 is 105 Å². The molecular weight excluding hydrogens is 1130 g/mol. The summed E-state index contributed by atoms with van der Waals surface area (Å²) in [5.74, 6) is -7.56. The van der Waals surface area contributed by atoms with Gasteiger partial charge in [0.15, 0.2) is 43.1 Å². The van der Waals surface area contributed by atoms with Gasteiger partial charge in [-0.2, -0.15) is 0 Å². The lowest BCUT2D eigenvalue weighted by atomic mass is 9.96. The number of nitrogens with one attached hydrogen (secondary N) is 2. The van der Waals surface area contributed by atoms with Crippen molar-refractivity contribution >= 4 is 65.4 Å². The Morgan fingerprint density at radius 3 is 1.62 bits per heavy atom. The number of hydrogen-bond acceptors (Lipinski definition) is 22. The molecular formula is C60H80N4O22. The lowest BCUT2D eigenvalue weighted by Gasteiger charge is -2.48. The van der Waals surface area contributed by atoms with Crippen LogP contribution in [0.4, 0.5) is 0 Å². The van der Waals surface area contributed by atoms with Gasteiger partial charge in [-0.1, -0.05) is 80.9 Å². The molecule has 0 radical (unpaired) electrons. The first-order valence-electron chi connectivity index (χ1n) is 28.9. The molecule has 4 aliphatic rings. The number of esters is 7. The molecule has 0 aromatic heterocycles. The molecule has 4 fully saturated rings. The summed E-state index contributed by atoms with van der Waals surface area (Å²) in [5.41, 5.74) is 1.72. The van der Waals surface area contributed by atoms with Crippen LogP contribution in [0.3, 0.4) is 0 Å². The second kappa shape index (κ2) is 32.3. The maximum atomic E-state index is 14.8. The number of fused-ring (bicyclic) bond motifs is 1. The van der Waals surface area contributed by atoms with E-state index in [0.717, 1.165) is 59.6 Å². The van der Waals surface area contributed by atoms with Crippen molar-refractivity contribution in [1.29, 1.82) is 0 Å². The molecule has 2 aromatic rings. The Balaban J connectivity index is 1.16. The van der Waals surface area contributed by atoms with E-state index in [-0.39, 0.29) is 62.6 Å². The van der Waals surface area contributed by atoms with Gasteiger partial charge in [-0.05, 0) is 49.1 Å². The summed E-state index contributed by atoms with van der Waals surface area (Å²) in [4.78, 5) is 148. The average molecular weight is 1210 g/mol. The van der Waals surface area contributed by atoms with Crippen LogP contribution in [0, 0.1) is 5.92 Å². The predicted molar refractivity (Wildman–Crippen MR) is 297 cm³/mol. The van der Waals surface area contributed by atoms with E-state index in [1.807, 2.05) is 74.5 Å². The van der Waals surface area contributed by atoms with Crippen LogP contribution in [0.1, 0.15) is 131 Å². The van der Waals surface area contributed by atoms with Crippen molar-refractivity contribution in [3.05, 3.63) is 71.8 Å². The predicted octanol–water partition coefficient (Wildman–Crippen LogP) is 3.21. The minimum absolute atomic E-state index is 0.0362. The van der Waals surface area contributed by atoms with Crippen LogP contribution in [0.25, 0.3) is 0 Å². The van der Waals surface area contributed by atoms with E-state index in [4.69, 9.17) is 52.1 Å². The van der Waals surface area contributed by atoms with Crippen molar-refractivity contribution in [2.45, 2.75) is 199 Å². The fourth-order valence-corrected chi connectivity index (χ4v) is 11.0. The standard InChI is InChI=1S/C60H80N4O22/c1-33(2)29-49(73)63-27-26-43-24-25-45(57(74)62-50(41-19-13-10-14-20-41)42-21-15-11-16-22-42)64(43)58(75)44(30-63)61-48(72)23-17-12-18-28-76-59-55(82-39(8)70)54(81-38(7)69)52(47(84-59)32-78-35(4)66)86-60-56(83-40(9)71)53(80-37(6)68)51(79-36(5)67)46(85-60)31-77-34(3)65/h10-11,13-16,19-22,33,43-47,50-56,59-60H,12,17-18,23-32H2,1-9H3,(H,61,72)(H,62,74)/t43-,44+,45?,46-,47-,51+,52-,53+,54+,55-,56-,59-,60+/m1/s1. The van der Waals surface area contributed by atoms with E-state index in [1.54, 1.807) is 9.80 Å². The molecule has 1 unspecified atom stereocenters. The van der Waals surface area contributed by atoms with Gasteiger partial charge in [-0.15, -0.1) is 0 Å². The zero-order valence-electron chi connectivity index (χ0n) is 50.0. The van der Waals surface area contributed by atoms with E-state index >= 15 is 0 Å². The monoisotopic (exact) mass is 1210 g/mol. The molecule has 4 heterocycles. The first-order chi connectivity index (χ1) is 40.9. The number of carbonyl (C=O) groups excluding carboxylic acids is 11. The molecule has 2 N–H and O–H groups in total. The van der Waals surface area contributed by atoms with Crippen LogP contribution in [0.5, 0.6) is 0 Å². The molecule has 4 amide bonds. The zero-order chi connectivity index (χ0) is 62.8. The van der Waals surface area contributed by atoms with Crippen LogP contribution < -0.4 is 10.6 Å². The van der Waals surface area contributed by atoms with Gasteiger partial charge in [-0.3, -0.25) is 52.7 Å². The van der Waals surface area contributed by atoms with Crippen molar-refractivity contribution in [2.24, 2.45) is 5.92 Å². The lowest BCUT2D eigenvalue weighted by molar-refractivity contribution is -0.361. The molecule has 4 aliphatic heterocycles. The fraction of sp³-hybridized carbons (Fsp3) is 0.617. The molecule has 0 bridgehead atoms.